The molecule has 2 atom stereocenters. The summed E-state index contributed by atoms with van der Waals surface area (Å²) in [6, 6.07) is 5.63. The van der Waals surface area contributed by atoms with Gasteiger partial charge in [0.1, 0.15) is 0 Å². The van der Waals surface area contributed by atoms with Gasteiger partial charge >= 0.3 is 5.97 Å². The third kappa shape index (κ3) is 1.78. The molecule has 18 heavy (non-hydrogen) atoms. The third-order valence-corrected chi connectivity index (χ3v) is 3.72. The van der Waals surface area contributed by atoms with E-state index in [9.17, 15) is 4.79 Å². The highest BCUT2D eigenvalue weighted by atomic mass is 16.4. The van der Waals surface area contributed by atoms with Crippen LogP contribution in [0.4, 0.5) is 0 Å². The Morgan fingerprint density at radius 1 is 1.56 bits per heavy atom. The standard InChI is InChI=1S/C14H16N2O2/c1-2-3-9-6-12(9)16-8-15-11-5-4-10(14(17)18)7-13(11)16/h4-5,7-9,12H,2-3,6H2,1H3,(H,17,18). The monoisotopic (exact) mass is 244 g/mol. The molecular weight excluding hydrogens is 228 g/mol. The van der Waals surface area contributed by atoms with E-state index in [0.29, 0.717) is 11.6 Å². The van der Waals surface area contributed by atoms with E-state index in [-0.39, 0.29) is 0 Å². The van der Waals surface area contributed by atoms with E-state index in [2.05, 4.69) is 16.5 Å². The first kappa shape index (κ1) is 11.3. The molecule has 1 aromatic heterocycles. The van der Waals surface area contributed by atoms with Crippen molar-refractivity contribution in [2.45, 2.75) is 32.2 Å². The summed E-state index contributed by atoms with van der Waals surface area (Å²) < 4.78 is 2.14. The molecule has 0 aliphatic heterocycles. The summed E-state index contributed by atoms with van der Waals surface area (Å²) in [5.41, 5.74) is 2.15. The lowest BCUT2D eigenvalue weighted by molar-refractivity contribution is 0.0697. The Bertz CT molecular complexity index is 603. The zero-order chi connectivity index (χ0) is 12.7. The second-order valence-electron chi connectivity index (χ2n) is 5.01. The molecule has 1 fully saturated rings. The molecule has 94 valence electrons. The highest BCUT2D eigenvalue weighted by molar-refractivity contribution is 5.92. The molecule has 0 spiro atoms. The molecule has 0 saturated heterocycles. The van der Waals surface area contributed by atoms with E-state index in [0.717, 1.165) is 17.0 Å². The number of benzene rings is 1. The SMILES string of the molecule is CCCC1CC1n1cnc2ccc(C(=O)O)cc21. The quantitative estimate of drug-likeness (QED) is 0.899. The fraction of sp³-hybridized carbons (Fsp3) is 0.429. The van der Waals surface area contributed by atoms with Crippen LogP contribution in [0.1, 0.15) is 42.6 Å². The molecule has 1 aliphatic carbocycles. The number of aromatic nitrogens is 2. The van der Waals surface area contributed by atoms with Crippen LogP contribution in [-0.2, 0) is 0 Å². The number of hydrogen-bond donors (Lipinski definition) is 1. The lowest BCUT2D eigenvalue weighted by atomic mass is 10.2. The van der Waals surface area contributed by atoms with Gasteiger partial charge in [0.25, 0.3) is 0 Å². The predicted molar refractivity (Wildman–Crippen MR) is 68.7 cm³/mol. The van der Waals surface area contributed by atoms with Crippen LogP contribution in [0.25, 0.3) is 11.0 Å². The van der Waals surface area contributed by atoms with Gasteiger partial charge in [-0.05, 0) is 37.0 Å². The van der Waals surface area contributed by atoms with Crippen molar-refractivity contribution in [2.75, 3.05) is 0 Å². The van der Waals surface area contributed by atoms with E-state index in [4.69, 9.17) is 5.11 Å². The van der Waals surface area contributed by atoms with Crippen LogP contribution in [0, 0.1) is 5.92 Å². The Hall–Kier alpha value is -1.84. The predicted octanol–water partition coefficient (Wildman–Crippen LogP) is 3.10. The number of carboxylic acids is 1. The van der Waals surface area contributed by atoms with Crippen LogP contribution < -0.4 is 0 Å². The highest BCUT2D eigenvalue weighted by Gasteiger charge is 2.38. The topological polar surface area (TPSA) is 55.1 Å². The summed E-state index contributed by atoms with van der Waals surface area (Å²) in [5.74, 6) is -0.147. The maximum absolute atomic E-state index is 11.0. The van der Waals surface area contributed by atoms with Crippen molar-refractivity contribution < 1.29 is 9.90 Å². The Balaban J connectivity index is 1.98. The Morgan fingerprint density at radius 3 is 3.11 bits per heavy atom. The van der Waals surface area contributed by atoms with Gasteiger partial charge in [-0.15, -0.1) is 0 Å². The lowest BCUT2D eigenvalue weighted by Crippen LogP contribution is -1.98. The average molecular weight is 244 g/mol. The number of hydrogen-bond acceptors (Lipinski definition) is 2. The normalized spacial score (nSPS) is 22.3. The van der Waals surface area contributed by atoms with Crippen molar-refractivity contribution in [1.29, 1.82) is 0 Å². The smallest absolute Gasteiger partial charge is 0.335 e. The largest absolute Gasteiger partial charge is 0.478 e. The van der Waals surface area contributed by atoms with Crippen LogP contribution in [-0.4, -0.2) is 20.6 Å². The summed E-state index contributed by atoms with van der Waals surface area (Å²) in [4.78, 5) is 15.3. The molecule has 0 radical (unpaired) electrons. The van der Waals surface area contributed by atoms with E-state index in [1.807, 2.05) is 6.33 Å². The van der Waals surface area contributed by atoms with Gasteiger partial charge in [0, 0.05) is 6.04 Å². The van der Waals surface area contributed by atoms with Gasteiger partial charge in [0.2, 0.25) is 0 Å². The number of carbonyl (C=O) groups is 1. The zero-order valence-electron chi connectivity index (χ0n) is 10.3. The number of nitrogens with zero attached hydrogens (tertiary/aromatic N) is 2. The minimum atomic E-state index is -0.884. The Labute approximate surface area is 105 Å². The molecule has 1 saturated carbocycles. The van der Waals surface area contributed by atoms with Crippen LogP contribution in [0.15, 0.2) is 24.5 Å². The van der Waals surface area contributed by atoms with Gasteiger partial charge in [-0.25, -0.2) is 9.78 Å². The van der Waals surface area contributed by atoms with Gasteiger partial charge in [-0.1, -0.05) is 13.3 Å². The number of aromatic carboxylic acids is 1. The van der Waals surface area contributed by atoms with E-state index >= 15 is 0 Å². The average Bonchev–Trinajstić information content (AvgIpc) is 2.99. The first-order valence-electron chi connectivity index (χ1n) is 6.40. The van der Waals surface area contributed by atoms with Gasteiger partial charge in [0.15, 0.2) is 0 Å². The van der Waals surface area contributed by atoms with Crippen molar-refractivity contribution >= 4 is 17.0 Å². The molecule has 0 amide bonds. The Morgan fingerprint density at radius 2 is 2.39 bits per heavy atom. The molecule has 2 unspecified atom stereocenters. The van der Waals surface area contributed by atoms with Crippen molar-refractivity contribution in [1.82, 2.24) is 9.55 Å². The molecule has 3 rings (SSSR count). The minimum Gasteiger partial charge on any atom is -0.478 e. The molecule has 2 aromatic rings. The summed E-state index contributed by atoms with van der Waals surface area (Å²) in [6.07, 6.45) is 5.48. The molecule has 1 N–H and O–H groups in total. The maximum atomic E-state index is 11.0. The van der Waals surface area contributed by atoms with Crippen molar-refractivity contribution in [2.24, 2.45) is 5.92 Å². The van der Waals surface area contributed by atoms with Crippen LogP contribution in [0.5, 0.6) is 0 Å². The van der Waals surface area contributed by atoms with Crippen molar-refractivity contribution in [3.05, 3.63) is 30.1 Å². The summed E-state index contributed by atoms with van der Waals surface area (Å²) in [7, 11) is 0. The number of rotatable bonds is 4. The molecule has 4 heteroatoms. The fourth-order valence-corrected chi connectivity index (χ4v) is 2.68. The van der Waals surface area contributed by atoms with Crippen LogP contribution in [0.2, 0.25) is 0 Å². The van der Waals surface area contributed by atoms with Crippen molar-refractivity contribution in [3.8, 4) is 0 Å². The summed E-state index contributed by atoms with van der Waals surface area (Å²) in [6.45, 7) is 2.20. The van der Waals surface area contributed by atoms with E-state index in [1.165, 1.54) is 19.3 Å². The van der Waals surface area contributed by atoms with Gasteiger partial charge in [0.05, 0.1) is 22.9 Å². The van der Waals surface area contributed by atoms with Crippen LogP contribution in [0.3, 0.4) is 0 Å². The molecule has 1 heterocycles. The first-order chi connectivity index (χ1) is 8.70. The molecule has 1 aromatic carbocycles. The number of fused-ring (bicyclic) bond motifs is 1. The van der Waals surface area contributed by atoms with E-state index in [1.54, 1.807) is 18.2 Å². The molecule has 4 nitrogen and oxygen atoms in total. The van der Waals surface area contributed by atoms with Crippen molar-refractivity contribution in [3.63, 3.8) is 0 Å². The fourth-order valence-electron chi connectivity index (χ4n) is 2.68. The molecular formula is C14H16N2O2. The Kier molecular flexibility index (Phi) is 2.58. The maximum Gasteiger partial charge on any atom is 0.335 e. The zero-order valence-corrected chi connectivity index (χ0v) is 10.3. The lowest BCUT2D eigenvalue weighted by Gasteiger charge is -2.03. The molecule has 1 aliphatic rings. The highest BCUT2D eigenvalue weighted by Crippen LogP contribution is 2.47. The van der Waals surface area contributed by atoms with Gasteiger partial charge in [-0.3, -0.25) is 0 Å². The van der Waals surface area contributed by atoms with Gasteiger partial charge in [-0.2, -0.15) is 0 Å². The third-order valence-electron chi connectivity index (χ3n) is 3.72. The second kappa shape index (κ2) is 4.12. The van der Waals surface area contributed by atoms with Gasteiger partial charge < -0.3 is 9.67 Å². The number of carboxylic acid groups (broad SMARTS) is 1. The number of imidazole rings is 1. The summed E-state index contributed by atoms with van der Waals surface area (Å²) >= 11 is 0. The first-order valence-corrected chi connectivity index (χ1v) is 6.40. The summed E-state index contributed by atoms with van der Waals surface area (Å²) in [5, 5.41) is 9.03. The van der Waals surface area contributed by atoms with E-state index < -0.39 is 5.97 Å². The second-order valence-corrected chi connectivity index (χ2v) is 5.01. The molecule has 0 bridgehead atoms. The minimum absolute atomic E-state index is 0.331. The van der Waals surface area contributed by atoms with Crippen LogP contribution >= 0.6 is 0 Å².